The van der Waals surface area contributed by atoms with E-state index in [-0.39, 0.29) is 5.82 Å². The van der Waals surface area contributed by atoms with Gasteiger partial charge in [0.25, 0.3) is 0 Å². The van der Waals surface area contributed by atoms with Gasteiger partial charge in [0, 0.05) is 24.9 Å². The molecule has 0 unspecified atom stereocenters. The topological polar surface area (TPSA) is 160 Å². The van der Waals surface area contributed by atoms with Crippen molar-refractivity contribution in [3.63, 3.8) is 0 Å². The summed E-state index contributed by atoms with van der Waals surface area (Å²) in [6, 6.07) is 6.92. The summed E-state index contributed by atoms with van der Waals surface area (Å²) in [5.74, 6) is 2.45. The van der Waals surface area contributed by atoms with Gasteiger partial charge in [-0.15, -0.1) is 0 Å². The maximum atomic E-state index is 10.8. The Labute approximate surface area is 225 Å². The molecule has 12 heteroatoms. The number of aryl methyl sites for hydroxylation is 1. The zero-order valence-corrected chi connectivity index (χ0v) is 21.8. The minimum absolute atomic E-state index is 0.261. The van der Waals surface area contributed by atoms with Crippen LogP contribution in [0.1, 0.15) is 42.8 Å². The Balaban J connectivity index is 0.915. The van der Waals surface area contributed by atoms with Crippen LogP contribution >= 0.6 is 0 Å². The fourth-order valence-corrected chi connectivity index (χ4v) is 6.11. The van der Waals surface area contributed by atoms with Gasteiger partial charge in [0.1, 0.15) is 36.0 Å². The van der Waals surface area contributed by atoms with Crippen molar-refractivity contribution in [1.29, 1.82) is 0 Å². The number of hydrogen-bond donors (Lipinski definition) is 4. The third kappa shape index (κ3) is 4.45. The molecule has 0 radical (unpaired) electrons. The zero-order chi connectivity index (χ0) is 26.7. The Morgan fingerprint density at radius 1 is 1.15 bits per heavy atom. The van der Waals surface area contributed by atoms with Crippen LogP contribution in [0.25, 0.3) is 22.2 Å². The van der Waals surface area contributed by atoms with Crippen molar-refractivity contribution in [1.82, 2.24) is 34.4 Å². The van der Waals surface area contributed by atoms with E-state index in [1.54, 1.807) is 4.57 Å². The van der Waals surface area contributed by atoms with Crippen LogP contribution in [0.5, 0.6) is 0 Å². The van der Waals surface area contributed by atoms with E-state index in [1.807, 2.05) is 0 Å². The van der Waals surface area contributed by atoms with E-state index in [0.717, 1.165) is 55.8 Å². The summed E-state index contributed by atoms with van der Waals surface area (Å²) in [6.07, 6.45) is 3.64. The average Bonchev–Trinajstić information content (AvgIpc) is 3.54. The second-order valence-corrected chi connectivity index (χ2v) is 11.3. The Bertz CT molecular complexity index is 1480. The standard InChI is InChI=1S/C27H34N8O4/c1-34(9-20-23(36)24(37)27(39-20)35-13-31-22-25(28)29-12-30-26(22)35)17-6-14(7-17)2-5-21-32-18-4-3-15(8-19(18)33-21)16-10-38-11-16/h3-4,8,12-14,16-17,20,23-24,27,36-37H,2,5-7,9-11H2,1H3,(H,32,33)(H2,28,29,30)/t14?,17?,20-,23-,24-,27-/m1/s1. The van der Waals surface area contributed by atoms with Gasteiger partial charge in [-0.25, -0.2) is 19.9 Å². The lowest BCUT2D eigenvalue weighted by Crippen LogP contribution is -2.47. The first-order valence-corrected chi connectivity index (χ1v) is 13.7. The van der Waals surface area contributed by atoms with Gasteiger partial charge in [-0.3, -0.25) is 4.57 Å². The van der Waals surface area contributed by atoms with Crippen LogP contribution in [0.2, 0.25) is 0 Å². The molecule has 39 heavy (non-hydrogen) atoms. The fraction of sp³-hybridized carbons (Fsp3) is 0.556. The third-order valence-electron chi connectivity index (χ3n) is 8.76. The molecule has 3 aliphatic rings. The number of rotatable bonds is 8. The largest absolute Gasteiger partial charge is 0.387 e. The summed E-state index contributed by atoms with van der Waals surface area (Å²) in [5.41, 5.74) is 10.2. The van der Waals surface area contributed by atoms with Crippen molar-refractivity contribution in [3.8, 4) is 0 Å². The maximum absolute atomic E-state index is 10.8. The first kappa shape index (κ1) is 24.9. The number of aromatic amines is 1. The highest BCUT2D eigenvalue weighted by atomic mass is 16.6. The van der Waals surface area contributed by atoms with Crippen LogP contribution in [-0.2, 0) is 15.9 Å². The predicted molar refractivity (Wildman–Crippen MR) is 143 cm³/mol. The Morgan fingerprint density at radius 2 is 2.00 bits per heavy atom. The molecule has 12 nitrogen and oxygen atoms in total. The number of benzene rings is 1. The van der Waals surface area contributed by atoms with Crippen LogP contribution in [-0.4, -0.2) is 95.8 Å². The lowest BCUT2D eigenvalue weighted by Gasteiger charge is -2.42. The van der Waals surface area contributed by atoms with E-state index in [4.69, 9.17) is 20.2 Å². The number of nitrogens with zero attached hydrogens (tertiary/aromatic N) is 6. The van der Waals surface area contributed by atoms with E-state index >= 15 is 0 Å². The molecule has 7 rings (SSSR count). The lowest BCUT2D eigenvalue weighted by atomic mass is 9.76. The molecule has 4 atom stereocenters. The second kappa shape index (κ2) is 9.79. The highest BCUT2D eigenvalue weighted by molar-refractivity contribution is 5.81. The first-order valence-electron chi connectivity index (χ1n) is 13.7. The summed E-state index contributed by atoms with van der Waals surface area (Å²) in [4.78, 5) is 23.0. The van der Waals surface area contributed by atoms with Crippen LogP contribution in [0.3, 0.4) is 0 Å². The van der Waals surface area contributed by atoms with Crippen LogP contribution in [0, 0.1) is 5.92 Å². The first-order chi connectivity index (χ1) is 18.9. The number of nitrogen functional groups attached to an aromatic ring is 1. The van der Waals surface area contributed by atoms with Gasteiger partial charge < -0.3 is 35.3 Å². The molecule has 0 spiro atoms. The molecule has 0 amide bonds. The van der Waals surface area contributed by atoms with Crippen LogP contribution in [0.4, 0.5) is 5.82 Å². The van der Waals surface area contributed by atoms with Crippen molar-refractivity contribution >= 4 is 28.0 Å². The van der Waals surface area contributed by atoms with Gasteiger partial charge in [-0.05, 0) is 49.9 Å². The summed E-state index contributed by atoms with van der Waals surface area (Å²) >= 11 is 0. The molecule has 2 saturated heterocycles. The number of aromatic nitrogens is 6. The Kier molecular flexibility index (Phi) is 6.24. The van der Waals surface area contributed by atoms with E-state index in [2.05, 4.69) is 50.1 Å². The zero-order valence-electron chi connectivity index (χ0n) is 21.8. The minimum Gasteiger partial charge on any atom is -0.387 e. The number of aliphatic hydroxyl groups excluding tert-OH is 2. The Hall–Kier alpha value is -3.16. The van der Waals surface area contributed by atoms with Crippen molar-refractivity contribution in [2.75, 3.05) is 32.5 Å². The quantitative estimate of drug-likeness (QED) is 0.260. The molecule has 3 aromatic heterocycles. The van der Waals surface area contributed by atoms with Crippen LogP contribution < -0.4 is 5.73 Å². The number of likely N-dealkylation sites (N-methyl/N-ethyl adjacent to an activating group) is 1. The number of H-pyrrole nitrogens is 1. The number of nitrogens with two attached hydrogens (primary N) is 1. The third-order valence-corrected chi connectivity index (χ3v) is 8.76. The number of anilines is 1. The molecule has 2 aliphatic heterocycles. The second-order valence-electron chi connectivity index (χ2n) is 11.3. The summed E-state index contributed by atoms with van der Waals surface area (Å²) in [6.45, 7) is 2.13. The van der Waals surface area contributed by atoms with Crippen molar-refractivity contribution in [2.24, 2.45) is 5.92 Å². The monoisotopic (exact) mass is 534 g/mol. The molecule has 3 fully saturated rings. The molecule has 1 aliphatic carbocycles. The van der Waals surface area contributed by atoms with Gasteiger partial charge in [0.05, 0.1) is 30.6 Å². The number of nitrogens with one attached hydrogen (secondary N) is 1. The predicted octanol–water partition coefficient (Wildman–Crippen LogP) is 1.36. The smallest absolute Gasteiger partial charge is 0.167 e. The van der Waals surface area contributed by atoms with E-state index in [0.29, 0.717) is 35.6 Å². The van der Waals surface area contributed by atoms with Crippen molar-refractivity contribution < 1.29 is 19.7 Å². The summed E-state index contributed by atoms with van der Waals surface area (Å²) in [5, 5.41) is 21.5. The van der Waals surface area contributed by atoms with Crippen LogP contribution in [0.15, 0.2) is 30.9 Å². The SMILES string of the molecule is CN(C[C@H]1O[C@@H](n2cnc3c(N)ncnc32)[C@H](O)[C@@H]1O)C1CC(CCc2nc3cc(C4COC4)ccc3[nH]2)C1. The molecular weight excluding hydrogens is 500 g/mol. The van der Waals surface area contributed by atoms with Gasteiger partial charge >= 0.3 is 0 Å². The number of ether oxygens (including phenoxy) is 2. The average molecular weight is 535 g/mol. The Morgan fingerprint density at radius 3 is 2.79 bits per heavy atom. The molecule has 4 aromatic rings. The molecule has 1 saturated carbocycles. The molecule has 1 aromatic carbocycles. The molecule has 206 valence electrons. The van der Waals surface area contributed by atoms with E-state index in [1.165, 1.54) is 18.2 Å². The van der Waals surface area contributed by atoms with Crippen molar-refractivity contribution in [2.45, 2.75) is 62.2 Å². The van der Waals surface area contributed by atoms with Crippen molar-refractivity contribution in [3.05, 3.63) is 42.2 Å². The normalized spacial score (nSPS) is 29.3. The fourth-order valence-electron chi connectivity index (χ4n) is 6.11. The number of imidazole rings is 2. The van der Waals surface area contributed by atoms with E-state index in [9.17, 15) is 10.2 Å². The van der Waals surface area contributed by atoms with Gasteiger partial charge in [-0.1, -0.05) is 6.07 Å². The lowest BCUT2D eigenvalue weighted by molar-refractivity contribution is -0.0514. The molecule has 5 N–H and O–H groups in total. The highest BCUT2D eigenvalue weighted by Gasteiger charge is 2.45. The maximum Gasteiger partial charge on any atom is 0.167 e. The number of aliphatic hydroxyl groups is 2. The van der Waals surface area contributed by atoms with Gasteiger partial charge in [0.15, 0.2) is 17.7 Å². The highest BCUT2D eigenvalue weighted by Crippen LogP contribution is 2.37. The summed E-state index contributed by atoms with van der Waals surface area (Å²) in [7, 11) is 2.06. The van der Waals surface area contributed by atoms with Gasteiger partial charge in [-0.2, -0.15) is 0 Å². The number of hydrogen-bond acceptors (Lipinski definition) is 10. The van der Waals surface area contributed by atoms with E-state index < -0.39 is 24.5 Å². The minimum atomic E-state index is -1.10. The molecular formula is C27H34N8O4. The summed E-state index contributed by atoms with van der Waals surface area (Å²) < 4.78 is 13.1. The van der Waals surface area contributed by atoms with Gasteiger partial charge in [0.2, 0.25) is 0 Å². The molecule has 0 bridgehead atoms. The number of fused-ring (bicyclic) bond motifs is 2. The molecule has 5 heterocycles.